The van der Waals surface area contributed by atoms with Gasteiger partial charge >= 0.3 is 5.97 Å². The lowest BCUT2D eigenvalue weighted by Crippen LogP contribution is -2.20. The van der Waals surface area contributed by atoms with Crippen LogP contribution in [0.15, 0.2) is 41.3 Å². The van der Waals surface area contributed by atoms with E-state index in [0.717, 1.165) is 42.1 Å². The number of fused-ring (bicyclic) bond motifs is 1. The number of carboxylic acid groups (broad SMARTS) is 1. The van der Waals surface area contributed by atoms with Gasteiger partial charge in [-0.3, -0.25) is 4.79 Å². The van der Waals surface area contributed by atoms with Crippen LogP contribution in [0.2, 0.25) is 0 Å². The summed E-state index contributed by atoms with van der Waals surface area (Å²) in [5.74, 6) is -0.949. The molecule has 1 aromatic heterocycles. The van der Waals surface area contributed by atoms with E-state index in [1.54, 1.807) is 6.07 Å². The molecule has 3 aromatic rings. The number of rotatable bonds is 5. The van der Waals surface area contributed by atoms with E-state index in [2.05, 4.69) is 4.98 Å². The van der Waals surface area contributed by atoms with Crippen molar-refractivity contribution in [2.75, 3.05) is 0 Å². The molecule has 2 aromatic carbocycles. The Bertz CT molecular complexity index is 1260. The van der Waals surface area contributed by atoms with Crippen LogP contribution in [-0.2, 0) is 21.2 Å². The number of H-pyrrole nitrogens is 1. The number of carboxylic acids is 1. The number of hydrogen-bond donors (Lipinski definition) is 3. The van der Waals surface area contributed by atoms with Crippen LogP contribution in [0, 0.1) is 6.92 Å². The van der Waals surface area contributed by atoms with Gasteiger partial charge in [-0.1, -0.05) is 29.8 Å². The van der Waals surface area contributed by atoms with Gasteiger partial charge in [0, 0.05) is 21.8 Å². The molecular weight excluding hydrogens is 436 g/mol. The van der Waals surface area contributed by atoms with E-state index in [1.807, 2.05) is 37.3 Å². The highest BCUT2D eigenvalue weighted by molar-refractivity contribution is 7.89. The number of carbonyl (C=O) groups is 1. The van der Waals surface area contributed by atoms with Crippen molar-refractivity contribution >= 4 is 38.5 Å². The molecule has 1 heterocycles. The topological polar surface area (TPSA) is 113 Å². The summed E-state index contributed by atoms with van der Waals surface area (Å²) in [5, 5.41) is 16.1. The van der Waals surface area contributed by atoms with Gasteiger partial charge in [-0.05, 0) is 61.8 Å². The van der Waals surface area contributed by atoms with Crippen LogP contribution >= 0.6 is 11.6 Å². The number of halogens is 1. The number of benzene rings is 2. The van der Waals surface area contributed by atoms with Crippen LogP contribution in [0.4, 0.5) is 0 Å². The minimum atomic E-state index is -4.07. The summed E-state index contributed by atoms with van der Waals surface area (Å²) in [7, 11) is -4.07. The minimum absolute atomic E-state index is 0.0396. The highest BCUT2D eigenvalue weighted by Gasteiger charge is 2.30. The Balaban J connectivity index is 1.97. The molecule has 1 aliphatic carbocycles. The molecule has 6 nitrogen and oxygen atoms in total. The van der Waals surface area contributed by atoms with Crippen molar-refractivity contribution in [3.05, 3.63) is 53.1 Å². The molecule has 1 saturated carbocycles. The maximum absolute atomic E-state index is 12.8. The number of aromatic nitrogens is 1. The molecule has 0 bridgehead atoms. The molecule has 8 heteroatoms. The first-order valence-corrected chi connectivity index (χ1v) is 12.3. The number of nitrogens with one attached hydrogen (secondary N) is 1. The third kappa shape index (κ3) is 4.35. The number of hydrogen-bond acceptors (Lipinski definition) is 3. The van der Waals surface area contributed by atoms with E-state index < -0.39 is 16.0 Å². The van der Waals surface area contributed by atoms with E-state index in [1.165, 1.54) is 0 Å². The number of alkyl halides is 1. The molecule has 0 radical (unpaired) electrons. The average molecular weight is 461 g/mol. The monoisotopic (exact) mass is 460 g/mol. The lowest BCUT2D eigenvalue weighted by atomic mass is 9.83. The van der Waals surface area contributed by atoms with Gasteiger partial charge in [0.05, 0.1) is 17.0 Å². The SMILES string of the molecule is Cc1ccc2[nH]c(-c3cccc(C4CCC(Cl)CC4)c3S(N)(=O)=O)c(CC(=O)O)c2c1. The fraction of sp³-hybridized carbons (Fsp3) is 0.348. The first-order chi connectivity index (χ1) is 14.6. The van der Waals surface area contributed by atoms with Gasteiger partial charge in [0.15, 0.2) is 0 Å². The molecule has 31 heavy (non-hydrogen) atoms. The Morgan fingerprint density at radius 1 is 1.19 bits per heavy atom. The molecule has 0 amide bonds. The summed E-state index contributed by atoms with van der Waals surface area (Å²) in [6.07, 6.45) is 2.97. The molecule has 0 atom stereocenters. The summed E-state index contributed by atoms with van der Waals surface area (Å²) < 4.78 is 25.6. The maximum Gasteiger partial charge on any atom is 0.307 e. The van der Waals surface area contributed by atoms with Crippen molar-refractivity contribution in [1.29, 1.82) is 0 Å². The van der Waals surface area contributed by atoms with Gasteiger partial charge in [0.1, 0.15) is 0 Å². The summed E-state index contributed by atoms with van der Waals surface area (Å²) in [6, 6.07) is 11.0. The number of primary sulfonamides is 1. The van der Waals surface area contributed by atoms with Gasteiger partial charge in [0.25, 0.3) is 0 Å². The Labute approximate surface area is 186 Å². The minimum Gasteiger partial charge on any atom is -0.481 e. The summed E-state index contributed by atoms with van der Waals surface area (Å²) in [5.41, 5.74) is 3.88. The van der Waals surface area contributed by atoms with E-state index in [-0.39, 0.29) is 22.6 Å². The number of aliphatic carboxylic acids is 1. The van der Waals surface area contributed by atoms with Crippen LogP contribution in [0.25, 0.3) is 22.2 Å². The van der Waals surface area contributed by atoms with Crippen LogP contribution in [0.5, 0.6) is 0 Å². The van der Waals surface area contributed by atoms with Crippen molar-refractivity contribution in [1.82, 2.24) is 4.98 Å². The fourth-order valence-electron chi connectivity index (χ4n) is 4.68. The van der Waals surface area contributed by atoms with E-state index in [0.29, 0.717) is 22.4 Å². The predicted molar refractivity (Wildman–Crippen MR) is 122 cm³/mol. The molecular formula is C23H25ClN2O4S. The Morgan fingerprint density at radius 2 is 1.90 bits per heavy atom. The molecule has 4 rings (SSSR count). The van der Waals surface area contributed by atoms with Crippen LogP contribution < -0.4 is 5.14 Å². The van der Waals surface area contributed by atoms with Crippen molar-refractivity contribution in [2.24, 2.45) is 5.14 Å². The quantitative estimate of drug-likeness (QED) is 0.479. The van der Waals surface area contributed by atoms with Crippen molar-refractivity contribution in [2.45, 2.75) is 55.2 Å². The van der Waals surface area contributed by atoms with Crippen molar-refractivity contribution < 1.29 is 18.3 Å². The van der Waals surface area contributed by atoms with Crippen molar-refractivity contribution in [3.63, 3.8) is 0 Å². The summed E-state index contributed by atoms with van der Waals surface area (Å²) >= 11 is 6.25. The number of sulfonamides is 1. The molecule has 4 N–H and O–H groups in total. The lowest BCUT2D eigenvalue weighted by molar-refractivity contribution is -0.136. The summed E-state index contributed by atoms with van der Waals surface area (Å²) in [4.78, 5) is 15.0. The predicted octanol–water partition coefficient (Wildman–Crippen LogP) is 4.68. The lowest BCUT2D eigenvalue weighted by Gasteiger charge is -2.27. The maximum atomic E-state index is 12.8. The second-order valence-corrected chi connectivity index (χ2v) is 10.4. The molecule has 0 spiro atoms. The van der Waals surface area contributed by atoms with E-state index in [9.17, 15) is 18.3 Å². The van der Waals surface area contributed by atoms with Crippen LogP contribution in [0.3, 0.4) is 0 Å². The Hall–Kier alpha value is -2.35. The molecule has 1 aliphatic rings. The largest absolute Gasteiger partial charge is 0.481 e. The van der Waals surface area contributed by atoms with Crippen LogP contribution in [-0.4, -0.2) is 29.9 Å². The van der Waals surface area contributed by atoms with E-state index in [4.69, 9.17) is 16.7 Å². The van der Waals surface area contributed by atoms with Gasteiger partial charge in [-0.25, -0.2) is 13.6 Å². The highest BCUT2D eigenvalue weighted by Crippen LogP contribution is 2.42. The normalized spacial score (nSPS) is 19.6. The Kier molecular flexibility index (Phi) is 5.85. The van der Waals surface area contributed by atoms with Gasteiger partial charge in [-0.15, -0.1) is 11.6 Å². The molecule has 0 saturated heterocycles. The second-order valence-electron chi connectivity index (χ2n) is 8.32. The molecule has 0 unspecified atom stereocenters. The smallest absolute Gasteiger partial charge is 0.307 e. The number of aromatic amines is 1. The first kappa shape index (κ1) is 21.9. The summed E-state index contributed by atoms with van der Waals surface area (Å²) in [6.45, 7) is 1.93. The van der Waals surface area contributed by atoms with Crippen LogP contribution in [0.1, 0.15) is 48.3 Å². The highest BCUT2D eigenvalue weighted by atomic mass is 35.5. The third-order valence-electron chi connectivity index (χ3n) is 6.09. The number of nitrogens with two attached hydrogens (primary N) is 1. The van der Waals surface area contributed by atoms with Gasteiger partial charge < -0.3 is 10.1 Å². The zero-order chi connectivity index (χ0) is 22.3. The molecule has 164 valence electrons. The fourth-order valence-corrected chi connectivity index (χ4v) is 5.97. The second kappa shape index (κ2) is 8.30. The third-order valence-corrected chi connectivity index (χ3v) is 7.55. The van der Waals surface area contributed by atoms with Gasteiger partial charge in [-0.2, -0.15) is 0 Å². The Morgan fingerprint density at radius 3 is 2.55 bits per heavy atom. The average Bonchev–Trinajstić information content (AvgIpc) is 3.04. The van der Waals surface area contributed by atoms with Crippen molar-refractivity contribution in [3.8, 4) is 11.3 Å². The van der Waals surface area contributed by atoms with E-state index >= 15 is 0 Å². The molecule has 0 aliphatic heterocycles. The first-order valence-electron chi connectivity index (χ1n) is 10.3. The standard InChI is InChI=1S/C23H25ClN2O4S/c1-13-5-10-20-18(11-13)19(12-21(27)28)22(26-20)17-4-2-3-16(23(17)31(25,29)30)14-6-8-15(24)9-7-14/h2-5,10-11,14-15,26H,6-9,12H2,1H3,(H,27,28)(H2,25,29,30). The molecule has 1 fully saturated rings. The zero-order valence-corrected chi connectivity index (χ0v) is 18.8. The number of aryl methyl sites for hydroxylation is 1. The zero-order valence-electron chi connectivity index (χ0n) is 17.2. The van der Waals surface area contributed by atoms with Gasteiger partial charge in [0.2, 0.25) is 10.0 Å².